The summed E-state index contributed by atoms with van der Waals surface area (Å²) in [6, 6.07) is 18.1. The molecule has 2 atom stereocenters. The van der Waals surface area contributed by atoms with E-state index in [0.29, 0.717) is 18.1 Å². The Labute approximate surface area is 241 Å². The van der Waals surface area contributed by atoms with Gasteiger partial charge in [0.2, 0.25) is 0 Å². The number of nitrogens with zero attached hydrogens (tertiary/aromatic N) is 2. The average molecular weight is 578 g/mol. The number of pyridine rings is 2. The zero-order valence-corrected chi connectivity index (χ0v) is 24.3. The number of fused-ring (bicyclic) bond motifs is 1. The minimum atomic E-state index is -4.04. The molecule has 0 amide bonds. The number of ether oxygens (including phenoxy) is 3. The third-order valence-electron chi connectivity index (χ3n) is 6.70. The topological polar surface area (TPSA) is 109 Å². The van der Waals surface area contributed by atoms with Gasteiger partial charge in [0.15, 0.2) is 6.29 Å². The monoisotopic (exact) mass is 577 g/mol. The van der Waals surface area contributed by atoms with Crippen molar-refractivity contribution in [2.24, 2.45) is 0 Å². The second-order valence-electron chi connectivity index (χ2n) is 10.0. The average Bonchev–Trinajstić information content (AvgIpc) is 2.98. The van der Waals surface area contributed by atoms with Gasteiger partial charge in [0, 0.05) is 36.2 Å². The molecule has 1 N–H and O–H groups in total. The highest BCUT2D eigenvalue weighted by atomic mass is 32.2. The summed E-state index contributed by atoms with van der Waals surface area (Å²) in [6.45, 7) is 7.05. The van der Waals surface area contributed by atoms with E-state index in [4.69, 9.17) is 23.4 Å². The minimum absolute atomic E-state index is 0.0276. The summed E-state index contributed by atoms with van der Waals surface area (Å²) < 4.78 is 48.9. The first-order chi connectivity index (χ1) is 19.8. The van der Waals surface area contributed by atoms with Crippen LogP contribution in [0.5, 0.6) is 11.5 Å². The fourth-order valence-electron chi connectivity index (χ4n) is 4.51. The highest BCUT2D eigenvalue weighted by Gasteiger charge is 2.23. The summed E-state index contributed by atoms with van der Waals surface area (Å²) in [6.07, 6.45) is 3.50. The molecule has 41 heavy (non-hydrogen) atoms. The van der Waals surface area contributed by atoms with Crippen molar-refractivity contribution in [2.75, 3.05) is 25.1 Å². The summed E-state index contributed by atoms with van der Waals surface area (Å²) in [4.78, 5) is 9.20. The van der Waals surface area contributed by atoms with E-state index in [1.807, 2.05) is 56.3 Å². The quantitative estimate of drug-likeness (QED) is 0.211. The third-order valence-corrected chi connectivity index (χ3v) is 8.11. The summed E-state index contributed by atoms with van der Waals surface area (Å²) in [5.41, 5.74) is 3.39. The molecule has 9 nitrogen and oxygen atoms in total. The van der Waals surface area contributed by atoms with Gasteiger partial charge < -0.3 is 19.5 Å². The fraction of sp³-hybridized carbons (Fsp3) is 0.355. The first-order valence-corrected chi connectivity index (χ1v) is 15.3. The molecule has 2 aromatic carbocycles. The third kappa shape index (κ3) is 7.32. The molecule has 0 bridgehead atoms. The van der Waals surface area contributed by atoms with Gasteiger partial charge in [0.1, 0.15) is 30.0 Å². The largest absolute Gasteiger partial charge is 0.491 e. The number of anilines is 1. The molecule has 1 saturated heterocycles. The maximum absolute atomic E-state index is 13.0. The molecular formula is C31H35N3O6S. The first-order valence-electron chi connectivity index (χ1n) is 13.9. The van der Waals surface area contributed by atoms with Crippen LogP contribution in [-0.4, -0.2) is 50.5 Å². The van der Waals surface area contributed by atoms with E-state index >= 15 is 0 Å². The molecular weight excluding hydrogens is 542 g/mol. The van der Waals surface area contributed by atoms with E-state index in [0.717, 1.165) is 59.3 Å². The minimum Gasteiger partial charge on any atom is -0.491 e. The van der Waals surface area contributed by atoms with Crippen LogP contribution in [0.15, 0.2) is 71.8 Å². The predicted molar refractivity (Wildman–Crippen MR) is 158 cm³/mol. The number of rotatable bonds is 11. The maximum atomic E-state index is 13.0. The van der Waals surface area contributed by atoms with Crippen LogP contribution in [0.2, 0.25) is 0 Å². The van der Waals surface area contributed by atoms with Crippen molar-refractivity contribution in [2.45, 2.75) is 57.3 Å². The molecule has 1 fully saturated rings. The van der Waals surface area contributed by atoms with Gasteiger partial charge in [-0.1, -0.05) is 12.1 Å². The Hall–Kier alpha value is -3.73. The summed E-state index contributed by atoms with van der Waals surface area (Å²) in [5.74, 6) is 1.89. The molecule has 2 aromatic heterocycles. The van der Waals surface area contributed by atoms with Crippen LogP contribution in [0.4, 0.5) is 5.82 Å². The fourth-order valence-corrected chi connectivity index (χ4v) is 5.59. The van der Waals surface area contributed by atoms with Crippen LogP contribution >= 0.6 is 0 Å². The molecule has 0 spiro atoms. The van der Waals surface area contributed by atoms with Crippen molar-refractivity contribution in [3.63, 3.8) is 0 Å². The Kier molecular flexibility index (Phi) is 9.02. The van der Waals surface area contributed by atoms with Crippen LogP contribution in [0, 0.1) is 6.92 Å². The normalized spacial score (nSPS) is 16.3. The zero-order chi connectivity index (χ0) is 28.8. The Morgan fingerprint density at radius 1 is 1.07 bits per heavy atom. The lowest BCUT2D eigenvalue weighted by molar-refractivity contribution is -0.106. The number of nitrogens with one attached hydrogen (secondary N) is 1. The van der Waals surface area contributed by atoms with Crippen molar-refractivity contribution in [3.05, 3.63) is 72.4 Å². The molecule has 3 heterocycles. The van der Waals surface area contributed by atoms with Gasteiger partial charge in [0.05, 0.1) is 22.7 Å². The zero-order valence-electron chi connectivity index (χ0n) is 23.5. The Morgan fingerprint density at radius 3 is 2.71 bits per heavy atom. The second kappa shape index (κ2) is 12.8. The molecule has 0 saturated carbocycles. The molecule has 1 aliphatic rings. The van der Waals surface area contributed by atoms with Gasteiger partial charge in [-0.15, -0.1) is 0 Å². The van der Waals surface area contributed by atoms with Crippen LogP contribution < -0.4 is 14.8 Å². The van der Waals surface area contributed by atoms with E-state index in [1.54, 1.807) is 19.2 Å². The Balaban J connectivity index is 1.20. The number of aryl methyl sites for hydroxylation is 1. The number of hydrogen-bond donors (Lipinski definition) is 1. The molecule has 10 heteroatoms. The smallest absolute Gasteiger partial charge is 0.297 e. The van der Waals surface area contributed by atoms with Gasteiger partial charge in [-0.25, -0.2) is 9.97 Å². The van der Waals surface area contributed by atoms with Crippen LogP contribution in [0.25, 0.3) is 22.2 Å². The lowest BCUT2D eigenvalue weighted by Gasteiger charge is -2.24. The van der Waals surface area contributed by atoms with Crippen molar-refractivity contribution in [1.29, 1.82) is 0 Å². The second-order valence-corrected chi connectivity index (χ2v) is 11.6. The lowest BCUT2D eigenvalue weighted by Crippen LogP contribution is -2.25. The lowest BCUT2D eigenvalue weighted by atomic mass is 10.1. The van der Waals surface area contributed by atoms with E-state index in [2.05, 4.69) is 10.3 Å². The highest BCUT2D eigenvalue weighted by molar-refractivity contribution is 7.86. The summed E-state index contributed by atoms with van der Waals surface area (Å²) >= 11 is 0. The van der Waals surface area contributed by atoms with E-state index in [1.165, 1.54) is 12.1 Å². The van der Waals surface area contributed by atoms with Gasteiger partial charge >= 0.3 is 0 Å². The summed E-state index contributed by atoms with van der Waals surface area (Å²) in [7, 11) is -4.04. The molecule has 0 aliphatic carbocycles. The van der Waals surface area contributed by atoms with E-state index in [-0.39, 0.29) is 17.8 Å². The molecule has 4 aromatic rings. The van der Waals surface area contributed by atoms with Gasteiger partial charge in [0.25, 0.3) is 10.1 Å². The van der Waals surface area contributed by atoms with Crippen LogP contribution in [0.3, 0.4) is 0 Å². The van der Waals surface area contributed by atoms with Crippen LogP contribution in [0.1, 0.15) is 38.7 Å². The van der Waals surface area contributed by atoms with Crippen molar-refractivity contribution in [3.8, 4) is 22.8 Å². The van der Waals surface area contributed by atoms with E-state index < -0.39 is 16.2 Å². The molecule has 2 unspecified atom stereocenters. The van der Waals surface area contributed by atoms with Gasteiger partial charge in [-0.05, 0) is 81.6 Å². The molecule has 216 valence electrons. The number of hydrogen-bond acceptors (Lipinski definition) is 9. The number of aromatic nitrogens is 2. The Morgan fingerprint density at radius 2 is 1.95 bits per heavy atom. The van der Waals surface area contributed by atoms with Gasteiger partial charge in [-0.2, -0.15) is 8.42 Å². The van der Waals surface area contributed by atoms with Crippen molar-refractivity contribution in [1.82, 2.24) is 9.97 Å². The molecule has 0 radical (unpaired) electrons. The van der Waals surface area contributed by atoms with Crippen LogP contribution in [-0.2, 0) is 19.0 Å². The van der Waals surface area contributed by atoms with Crippen molar-refractivity contribution >= 4 is 26.8 Å². The standard InChI is InChI=1S/C31H35N3O6S/c1-4-32-30-15-10-24(19-33-30)28-13-9-23-17-25(11-14-27(23)34-28)38-20-22(3)40-41(35,36)26-12-8-21(2)29(18-26)39-31-7-5-6-16-37-31/h8-15,17-19,22,31H,4-7,16,20H2,1-3H3,(H,32,33). The summed E-state index contributed by atoms with van der Waals surface area (Å²) in [5, 5.41) is 4.09. The van der Waals surface area contributed by atoms with E-state index in [9.17, 15) is 8.42 Å². The van der Waals surface area contributed by atoms with Gasteiger partial charge in [-0.3, -0.25) is 4.18 Å². The number of benzene rings is 2. The first kappa shape index (κ1) is 28.8. The molecule has 5 rings (SSSR count). The maximum Gasteiger partial charge on any atom is 0.297 e. The molecule has 1 aliphatic heterocycles. The SMILES string of the molecule is CCNc1ccc(-c2ccc3cc(OCC(C)OS(=O)(=O)c4ccc(C)c(OC5CCCCO5)c4)ccc3n2)cn1. The highest BCUT2D eigenvalue weighted by Crippen LogP contribution is 2.28. The van der Waals surface area contributed by atoms with Crippen molar-refractivity contribution < 1.29 is 26.8 Å². The predicted octanol–water partition coefficient (Wildman–Crippen LogP) is 6.12. The Bertz CT molecular complexity index is 1590.